The van der Waals surface area contributed by atoms with Crippen LogP contribution in [0.2, 0.25) is 0 Å². The third-order valence-corrected chi connectivity index (χ3v) is 8.63. The Kier molecular flexibility index (Phi) is 8.27. The van der Waals surface area contributed by atoms with Crippen LogP contribution in [0.1, 0.15) is 111 Å². The molecular weight excluding hydrogens is 400 g/mol. The summed E-state index contributed by atoms with van der Waals surface area (Å²) in [5.41, 5.74) is 0.183. The zero-order valence-electron chi connectivity index (χ0n) is 20.7. The summed E-state index contributed by atoms with van der Waals surface area (Å²) in [5, 5.41) is 0. The first-order valence-electron chi connectivity index (χ1n) is 13.0. The van der Waals surface area contributed by atoms with E-state index in [0.29, 0.717) is 28.9 Å². The first-order chi connectivity index (χ1) is 15.2. The van der Waals surface area contributed by atoms with E-state index in [1.807, 2.05) is 0 Å². The van der Waals surface area contributed by atoms with Gasteiger partial charge < -0.3 is 9.47 Å². The van der Waals surface area contributed by atoms with Crippen LogP contribution in [0.5, 0.6) is 0 Å². The number of esters is 2. The molecule has 0 aromatic rings. The topological polar surface area (TPSA) is 52.6 Å². The van der Waals surface area contributed by atoms with Crippen LogP contribution in [0.15, 0.2) is 24.3 Å². The van der Waals surface area contributed by atoms with E-state index in [2.05, 4.69) is 20.1 Å². The van der Waals surface area contributed by atoms with Gasteiger partial charge in [0.25, 0.3) is 0 Å². The second-order valence-electron chi connectivity index (χ2n) is 11.0. The van der Waals surface area contributed by atoms with E-state index >= 15 is 0 Å². The fourth-order valence-corrected chi connectivity index (χ4v) is 6.66. The Morgan fingerprint density at radius 3 is 2.03 bits per heavy atom. The fraction of sp³-hybridized carbons (Fsp3) is 0.786. The third-order valence-electron chi connectivity index (χ3n) is 8.63. The van der Waals surface area contributed by atoms with Crippen LogP contribution in [-0.2, 0) is 19.1 Å². The summed E-state index contributed by atoms with van der Waals surface area (Å²) < 4.78 is 12.5. The maximum absolute atomic E-state index is 12.8. The molecule has 0 radical (unpaired) electrons. The summed E-state index contributed by atoms with van der Waals surface area (Å²) in [4.78, 5) is 25.2. The van der Waals surface area contributed by atoms with Gasteiger partial charge in [-0.2, -0.15) is 0 Å². The number of hydrogen-bond acceptors (Lipinski definition) is 4. The Hall–Kier alpha value is -1.58. The Morgan fingerprint density at radius 1 is 0.875 bits per heavy atom. The third kappa shape index (κ3) is 5.48. The van der Waals surface area contributed by atoms with Gasteiger partial charge in [-0.1, -0.05) is 39.3 Å². The molecule has 3 aliphatic rings. The molecule has 0 aromatic carbocycles. The first kappa shape index (κ1) is 25.1. The van der Waals surface area contributed by atoms with Crippen LogP contribution in [0.4, 0.5) is 0 Å². The van der Waals surface area contributed by atoms with Crippen LogP contribution in [-0.4, -0.2) is 23.1 Å². The van der Waals surface area contributed by atoms with Gasteiger partial charge in [-0.25, -0.2) is 9.59 Å². The summed E-state index contributed by atoms with van der Waals surface area (Å²) in [6.45, 7) is 13.4. The van der Waals surface area contributed by atoms with Gasteiger partial charge in [-0.3, -0.25) is 0 Å². The van der Waals surface area contributed by atoms with Crippen molar-refractivity contribution < 1.29 is 19.1 Å². The van der Waals surface area contributed by atoms with Crippen LogP contribution in [0, 0.1) is 17.8 Å². The van der Waals surface area contributed by atoms with Gasteiger partial charge in [0.2, 0.25) is 0 Å². The molecule has 3 unspecified atom stereocenters. The van der Waals surface area contributed by atoms with Crippen LogP contribution >= 0.6 is 0 Å². The molecule has 0 aliphatic heterocycles. The zero-order valence-corrected chi connectivity index (χ0v) is 20.7. The molecule has 0 aromatic heterocycles. The van der Waals surface area contributed by atoms with Crippen molar-refractivity contribution in [2.24, 2.45) is 17.8 Å². The molecule has 3 fully saturated rings. The molecule has 0 spiro atoms. The van der Waals surface area contributed by atoms with E-state index < -0.39 is 5.60 Å². The molecule has 180 valence electrons. The molecule has 0 heterocycles. The molecule has 0 N–H and O–H groups in total. The number of hydrogen-bond donors (Lipinski definition) is 0. The van der Waals surface area contributed by atoms with Gasteiger partial charge >= 0.3 is 11.9 Å². The van der Waals surface area contributed by atoms with E-state index in [4.69, 9.17) is 9.47 Å². The number of carbonyl (C=O) groups excluding carboxylic acids is 2. The Morgan fingerprint density at radius 2 is 1.47 bits per heavy atom. The molecular formula is C28H44O4. The van der Waals surface area contributed by atoms with E-state index in [0.717, 1.165) is 70.6 Å². The van der Waals surface area contributed by atoms with Gasteiger partial charge in [-0.15, -0.1) is 0 Å². The van der Waals surface area contributed by atoms with Gasteiger partial charge in [0.15, 0.2) is 0 Å². The maximum Gasteiger partial charge on any atom is 0.333 e. The average Bonchev–Trinajstić information content (AvgIpc) is 3.46. The van der Waals surface area contributed by atoms with Crippen molar-refractivity contribution in [2.45, 2.75) is 122 Å². The average molecular weight is 445 g/mol. The zero-order chi connectivity index (χ0) is 23.4. The maximum atomic E-state index is 12.8. The standard InChI is InChI=1S/C28H44O4/c1-6-22-13-18-28(23-11-7-8-12-23,32-26(30)21(4)5)24(19-22)14-17-27(15-9-10-16-27)31-25(29)20(2)3/h22-24H,2,4,6-19H2,1,3,5H3. The van der Waals surface area contributed by atoms with Crippen molar-refractivity contribution in [3.8, 4) is 0 Å². The highest BCUT2D eigenvalue weighted by molar-refractivity contribution is 5.87. The van der Waals surface area contributed by atoms with E-state index in [1.54, 1.807) is 13.8 Å². The van der Waals surface area contributed by atoms with E-state index in [-0.39, 0.29) is 17.5 Å². The number of ether oxygens (including phenoxy) is 2. The van der Waals surface area contributed by atoms with Crippen molar-refractivity contribution in [2.75, 3.05) is 0 Å². The highest BCUT2D eigenvalue weighted by atomic mass is 16.6. The summed E-state index contributed by atoms with van der Waals surface area (Å²) in [7, 11) is 0. The molecule has 3 atom stereocenters. The molecule has 3 rings (SSSR count). The predicted molar refractivity (Wildman–Crippen MR) is 128 cm³/mol. The Labute approximate surface area is 195 Å². The van der Waals surface area contributed by atoms with E-state index in [9.17, 15) is 9.59 Å². The van der Waals surface area contributed by atoms with Crippen molar-refractivity contribution in [1.82, 2.24) is 0 Å². The lowest BCUT2D eigenvalue weighted by molar-refractivity contribution is -0.182. The highest BCUT2D eigenvalue weighted by Gasteiger charge is 2.52. The predicted octanol–water partition coefficient (Wildman–Crippen LogP) is 7.07. The fourth-order valence-electron chi connectivity index (χ4n) is 6.66. The van der Waals surface area contributed by atoms with Gasteiger partial charge in [0.05, 0.1) is 0 Å². The van der Waals surface area contributed by atoms with E-state index in [1.165, 1.54) is 19.3 Å². The molecule has 0 saturated heterocycles. The molecule has 0 amide bonds. The summed E-state index contributed by atoms with van der Waals surface area (Å²) in [6, 6.07) is 0. The Balaban J connectivity index is 1.85. The van der Waals surface area contributed by atoms with Crippen molar-refractivity contribution in [1.29, 1.82) is 0 Å². The molecule has 0 bridgehead atoms. The van der Waals surface area contributed by atoms with Gasteiger partial charge in [-0.05, 0) is 102 Å². The molecule has 3 saturated carbocycles. The van der Waals surface area contributed by atoms with Crippen LogP contribution in [0.25, 0.3) is 0 Å². The normalized spacial score (nSPS) is 30.1. The highest BCUT2D eigenvalue weighted by Crippen LogP contribution is 2.53. The summed E-state index contributed by atoms with van der Waals surface area (Å²) in [5.74, 6) is 0.925. The minimum Gasteiger partial charge on any atom is -0.456 e. The molecule has 4 heteroatoms. The molecule has 4 nitrogen and oxygen atoms in total. The number of rotatable bonds is 9. The molecule has 32 heavy (non-hydrogen) atoms. The Bertz CT molecular complexity index is 711. The second-order valence-corrected chi connectivity index (χ2v) is 11.0. The smallest absolute Gasteiger partial charge is 0.333 e. The first-order valence-corrected chi connectivity index (χ1v) is 13.0. The van der Waals surface area contributed by atoms with Gasteiger partial charge in [0, 0.05) is 11.1 Å². The number of carbonyl (C=O) groups is 2. The summed E-state index contributed by atoms with van der Waals surface area (Å²) in [6.07, 6.45) is 14.9. The molecule has 3 aliphatic carbocycles. The minimum absolute atomic E-state index is 0.235. The van der Waals surface area contributed by atoms with Crippen molar-refractivity contribution >= 4 is 11.9 Å². The lowest BCUT2D eigenvalue weighted by Gasteiger charge is -2.50. The van der Waals surface area contributed by atoms with Gasteiger partial charge in [0.1, 0.15) is 11.2 Å². The van der Waals surface area contributed by atoms with Crippen molar-refractivity contribution in [3.05, 3.63) is 24.3 Å². The monoisotopic (exact) mass is 444 g/mol. The largest absolute Gasteiger partial charge is 0.456 e. The second kappa shape index (κ2) is 10.6. The lowest BCUT2D eigenvalue weighted by Crippen LogP contribution is -2.52. The van der Waals surface area contributed by atoms with Crippen LogP contribution < -0.4 is 0 Å². The lowest BCUT2D eigenvalue weighted by atomic mass is 9.62. The minimum atomic E-state index is -0.392. The van der Waals surface area contributed by atoms with Crippen molar-refractivity contribution in [3.63, 3.8) is 0 Å². The quantitative estimate of drug-likeness (QED) is 0.282. The van der Waals surface area contributed by atoms with Crippen LogP contribution in [0.3, 0.4) is 0 Å². The summed E-state index contributed by atoms with van der Waals surface area (Å²) >= 11 is 0. The SMILES string of the molecule is C=C(C)C(=O)OC1(CCC2CC(CC)CCC2(OC(=O)C(=C)C)C2CCCC2)CCCC1.